The van der Waals surface area contributed by atoms with Gasteiger partial charge < -0.3 is 9.63 Å². The number of hydrogen-bond donors (Lipinski definition) is 1. The standard InChI is InChI=1S/C17H22N2O2/c1-12-3-5-14(6-4-12)16-9-15(21-18-16)10-19-8-7-13(2)17(19)11-20/h3-6,9,13,17,20H,7-8,10-11H2,1-2H3. The van der Waals surface area contributed by atoms with E-state index in [4.69, 9.17) is 4.52 Å². The highest BCUT2D eigenvalue weighted by atomic mass is 16.5. The highest BCUT2D eigenvalue weighted by molar-refractivity contribution is 5.59. The second-order valence-corrected chi connectivity index (χ2v) is 6.03. The van der Waals surface area contributed by atoms with Gasteiger partial charge in [0.2, 0.25) is 0 Å². The van der Waals surface area contributed by atoms with E-state index in [1.807, 2.05) is 6.07 Å². The van der Waals surface area contributed by atoms with Crippen LogP contribution in [0.1, 0.15) is 24.7 Å². The summed E-state index contributed by atoms with van der Waals surface area (Å²) >= 11 is 0. The fraction of sp³-hybridized carbons (Fsp3) is 0.471. The average molecular weight is 286 g/mol. The first kappa shape index (κ1) is 14.3. The molecular weight excluding hydrogens is 264 g/mol. The molecule has 4 heteroatoms. The van der Waals surface area contributed by atoms with Gasteiger partial charge in [-0.05, 0) is 25.8 Å². The number of nitrogens with zero attached hydrogens (tertiary/aromatic N) is 2. The van der Waals surface area contributed by atoms with Gasteiger partial charge in [0.1, 0.15) is 5.69 Å². The van der Waals surface area contributed by atoms with Crippen LogP contribution < -0.4 is 0 Å². The van der Waals surface area contributed by atoms with Crippen LogP contribution in [-0.2, 0) is 6.54 Å². The highest BCUT2D eigenvalue weighted by Gasteiger charge is 2.31. The summed E-state index contributed by atoms with van der Waals surface area (Å²) in [5, 5.41) is 13.7. The summed E-state index contributed by atoms with van der Waals surface area (Å²) in [6, 6.07) is 10.5. The summed E-state index contributed by atoms with van der Waals surface area (Å²) in [6.45, 7) is 6.20. The Labute approximate surface area is 125 Å². The predicted molar refractivity (Wildman–Crippen MR) is 81.7 cm³/mol. The van der Waals surface area contributed by atoms with E-state index in [-0.39, 0.29) is 12.6 Å². The second kappa shape index (κ2) is 6.00. The summed E-state index contributed by atoms with van der Waals surface area (Å²) in [4.78, 5) is 2.28. The van der Waals surface area contributed by atoms with E-state index >= 15 is 0 Å². The van der Waals surface area contributed by atoms with Crippen LogP contribution in [0.5, 0.6) is 0 Å². The normalized spacial score (nSPS) is 22.8. The van der Waals surface area contributed by atoms with Crippen molar-refractivity contribution in [1.82, 2.24) is 10.1 Å². The van der Waals surface area contributed by atoms with Crippen molar-refractivity contribution in [2.24, 2.45) is 5.92 Å². The molecule has 0 amide bonds. The van der Waals surface area contributed by atoms with Gasteiger partial charge in [-0.2, -0.15) is 0 Å². The number of aromatic nitrogens is 1. The molecule has 1 N–H and O–H groups in total. The zero-order valence-corrected chi connectivity index (χ0v) is 12.6. The van der Waals surface area contributed by atoms with Crippen molar-refractivity contribution in [3.63, 3.8) is 0 Å². The minimum absolute atomic E-state index is 0.208. The molecule has 0 radical (unpaired) electrons. The van der Waals surface area contributed by atoms with Gasteiger partial charge in [0.05, 0.1) is 13.2 Å². The molecule has 0 spiro atoms. The topological polar surface area (TPSA) is 49.5 Å². The molecule has 1 saturated heterocycles. The maximum Gasteiger partial charge on any atom is 0.151 e. The number of aryl methyl sites for hydroxylation is 1. The van der Waals surface area contributed by atoms with Gasteiger partial charge >= 0.3 is 0 Å². The first-order valence-corrected chi connectivity index (χ1v) is 7.55. The number of aliphatic hydroxyl groups excluding tert-OH is 1. The summed E-state index contributed by atoms with van der Waals surface area (Å²) in [5.74, 6) is 1.40. The van der Waals surface area contributed by atoms with Crippen LogP contribution in [0.3, 0.4) is 0 Å². The van der Waals surface area contributed by atoms with E-state index in [0.29, 0.717) is 12.5 Å². The van der Waals surface area contributed by atoms with Gasteiger partial charge in [-0.3, -0.25) is 4.90 Å². The highest BCUT2D eigenvalue weighted by Crippen LogP contribution is 2.26. The smallest absolute Gasteiger partial charge is 0.151 e. The number of rotatable bonds is 4. The van der Waals surface area contributed by atoms with E-state index in [2.05, 4.69) is 48.2 Å². The summed E-state index contributed by atoms with van der Waals surface area (Å²) in [6.07, 6.45) is 1.13. The van der Waals surface area contributed by atoms with Crippen molar-refractivity contribution in [1.29, 1.82) is 0 Å². The lowest BCUT2D eigenvalue weighted by Gasteiger charge is -2.23. The lowest BCUT2D eigenvalue weighted by Crippen LogP contribution is -2.34. The van der Waals surface area contributed by atoms with E-state index in [1.165, 1.54) is 5.56 Å². The molecule has 2 heterocycles. The summed E-state index contributed by atoms with van der Waals surface area (Å²) in [5.41, 5.74) is 3.18. The van der Waals surface area contributed by atoms with Gasteiger partial charge in [-0.1, -0.05) is 41.9 Å². The van der Waals surface area contributed by atoms with Crippen LogP contribution >= 0.6 is 0 Å². The zero-order valence-electron chi connectivity index (χ0n) is 12.6. The van der Waals surface area contributed by atoms with E-state index in [0.717, 1.165) is 30.0 Å². The Hall–Kier alpha value is -1.65. The van der Waals surface area contributed by atoms with Crippen LogP contribution in [0.15, 0.2) is 34.9 Å². The number of hydrogen-bond acceptors (Lipinski definition) is 4. The largest absolute Gasteiger partial charge is 0.395 e. The molecule has 112 valence electrons. The molecule has 21 heavy (non-hydrogen) atoms. The Balaban J connectivity index is 1.72. The van der Waals surface area contributed by atoms with Gasteiger partial charge in [0, 0.05) is 17.7 Å². The molecule has 0 saturated carbocycles. The molecule has 4 nitrogen and oxygen atoms in total. The maximum absolute atomic E-state index is 9.51. The fourth-order valence-electron chi connectivity index (χ4n) is 3.03. The Morgan fingerprint density at radius 3 is 2.81 bits per heavy atom. The van der Waals surface area contributed by atoms with E-state index in [1.54, 1.807) is 0 Å². The molecule has 0 bridgehead atoms. The molecule has 1 aromatic carbocycles. The van der Waals surface area contributed by atoms with Crippen LogP contribution in [0, 0.1) is 12.8 Å². The summed E-state index contributed by atoms with van der Waals surface area (Å²) < 4.78 is 5.47. The Bertz CT molecular complexity index is 591. The van der Waals surface area contributed by atoms with Crippen molar-refractivity contribution in [3.8, 4) is 11.3 Å². The first-order chi connectivity index (χ1) is 10.2. The van der Waals surface area contributed by atoms with Crippen LogP contribution in [0.25, 0.3) is 11.3 Å². The van der Waals surface area contributed by atoms with Crippen molar-refractivity contribution in [2.45, 2.75) is 32.9 Å². The monoisotopic (exact) mass is 286 g/mol. The molecule has 0 aliphatic carbocycles. The number of aliphatic hydroxyl groups is 1. The molecule has 2 aromatic rings. The van der Waals surface area contributed by atoms with Gasteiger partial charge in [-0.25, -0.2) is 0 Å². The third kappa shape index (κ3) is 3.01. The maximum atomic E-state index is 9.51. The molecule has 1 fully saturated rings. The number of likely N-dealkylation sites (tertiary alicyclic amines) is 1. The van der Waals surface area contributed by atoms with Crippen molar-refractivity contribution in [2.75, 3.05) is 13.2 Å². The zero-order chi connectivity index (χ0) is 14.8. The minimum atomic E-state index is 0.208. The molecular formula is C17H22N2O2. The molecule has 2 atom stereocenters. The van der Waals surface area contributed by atoms with Crippen LogP contribution in [-0.4, -0.2) is 34.4 Å². The van der Waals surface area contributed by atoms with Gasteiger partial charge in [0.25, 0.3) is 0 Å². The Kier molecular flexibility index (Phi) is 4.08. The fourth-order valence-corrected chi connectivity index (χ4v) is 3.03. The molecule has 1 aliphatic heterocycles. The van der Waals surface area contributed by atoms with Crippen molar-refractivity contribution in [3.05, 3.63) is 41.7 Å². The van der Waals surface area contributed by atoms with Gasteiger partial charge in [-0.15, -0.1) is 0 Å². The Morgan fingerprint density at radius 2 is 2.10 bits per heavy atom. The SMILES string of the molecule is Cc1ccc(-c2cc(CN3CCC(C)C3CO)on2)cc1. The average Bonchev–Trinajstić information content (AvgIpc) is 3.07. The first-order valence-electron chi connectivity index (χ1n) is 7.55. The molecule has 3 rings (SSSR count). The van der Waals surface area contributed by atoms with E-state index < -0.39 is 0 Å². The van der Waals surface area contributed by atoms with Crippen molar-refractivity contribution < 1.29 is 9.63 Å². The Morgan fingerprint density at radius 1 is 1.33 bits per heavy atom. The van der Waals surface area contributed by atoms with E-state index in [9.17, 15) is 5.11 Å². The third-order valence-corrected chi connectivity index (χ3v) is 4.45. The number of benzene rings is 1. The molecule has 1 aromatic heterocycles. The lowest BCUT2D eigenvalue weighted by atomic mass is 10.0. The van der Waals surface area contributed by atoms with Crippen molar-refractivity contribution >= 4 is 0 Å². The third-order valence-electron chi connectivity index (χ3n) is 4.45. The second-order valence-electron chi connectivity index (χ2n) is 6.03. The minimum Gasteiger partial charge on any atom is -0.395 e. The molecule has 2 unspecified atom stereocenters. The lowest BCUT2D eigenvalue weighted by molar-refractivity contribution is 0.125. The quantitative estimate of drug-likeness (QED) is 0.939. The predicted octanol–water partition coefficient (Wildman–Crippen LogP) is 2.85. The van der Waals surface area contributed by atoms with Crippen LogP contribution in [0.4, 0.5) is 0 Å². The summed E-state index contributed by atoms with van der Waals surface area (Å²) in [7, 11) is 0. The van der Waals surface area contributed by atoms with Crippen LogP contribution in [0.2, 0.25) is 0 Å². The molecule has 1 aliphatic rings. The van der Waals surface area contributed by atoms with Gasteiger partial charge in [0.15, 0.2) is 5.76 Å².